The van der Waals surface area contributed by atoms with E-state index >= 15 is 0 Å². The largest absolute Gasteiger partial charge is 0.508 e. The van der Waals surface area contributed by atoms with Crippen LogP contribution < -0.4 is 14.4 Å². The van der Waals surface area contributed by atoms with Crippen molar-refractivity contribution in [2.45, 2.75) is 70.8 Å². The Morgan fingerprint density at radius 2 is 1.67 bits per heavy atom. The first-order chi connectivity index (χ1) is 19.1. The molecule has 1 atom stereocenters. The molecule has 3 aromatic rings. The second-order valence-electron chi connectivity index (χ2n) is 11.0. The van der Waals surface area contributed by atoms with E-state index in [1.807, 2.05) is 23.5 Å². The molecule has 0 radical (unpaired) electrons. The smallest absolute Gasteiger partial charge is 0.162 e. The SMILES string of the molecule is CCN(Cc1ccc(CCN2CCCCCC2)s1)c1cc(OC)c(OC)cc1[C@@H]1CCc2cc(O)ccc2C1. The molecule has 0 bridgehead atoms. The Morgan fingerprint density at radius 1 is 0.923 bits per heavy atom. The zero-order valence-corrected chi connectivity index (χ0v) is 24.7. The van der Waals surface area contributed by atoms with Gasteiger partial charge in [-0.2, -0.15) is 0 Å². The van der Waals surface area contributed by atoms with Crippen LogP contribution in [0.15, 0.2) is 42.5 Å². The van der Waals surface area contributed by atoms with Crippen LogP contribution in [0.4, 0.5) is 5.69 Å². The molecule has 0 saturated carbocycles. The van der Waals surface area contributed by atoms with Gasteiger partial charge < -0.3 is 24.4 Å². The highest BCUT2D eigenvalue weighted by molar-refractivity contribution is 7.12. The average Bonchev–Trinajstić information content (AvgIpc) is 3.25. The number of ether oxygens (including phenoxy) is 2. The Morgan fingerprint density at radius 3 is 2.41 bits per heavy atom. The molecule has 5 rings (SSSR count). The lowest BCUT2D eigenvalue weighted by Gasteiger charge is -2.32. The number of phenolic OH excluding ortho intramolecular Hbond substituents is 1. The third-order valence-corrected chi connectivity index (χ3v) is 9.68. The molecule has 210 valence electrons. The Balaban J connectivity index is 1.36. The fourth-order valence-corrected chi connectivity index (χ4v) is 7.34. The minimum atomic E-state index is 0.359. The number of hydrogen-bond donors (Lipinski definition) is 1. The molecular formula is C33H44N2O3S. The molecule has 2 aliphatic rings. The van der Waals surface area contributed by atoms with Gasteiger partial charge in [-0.25, -0.2) is 0 Å². The van der Waals surface area contributed by atoms with E-state index in [2.05, 4.69) is 47.1 Å². The van der Waals surface area contributed by atoms with Crippen molar-refractivity contribution >= 4 is 17.0 Å². The average molecular weight is 549 g/mol. The van der Waals surface area contributed by atoms with E-state index in [1.54, 1.807) is 14.2 Å². The highest BCUT2D eigenvalue weighted by Crippen LogP contribution is 2.44. The van der Waals surface area contributed by atoms with Crippen molar-refractivity contribution in [3.05, 3.63) is 68.9 Å². The molecule has 2 heterocycles. The van der Waals surface area contributed by atoms with E-state index in [1.165, 1.54) is 77.4 Å². The zero-order chi connectivity index (χ0) is 27.2. The third-order valence-electron chi connectivity index (χ3n) is 8.55. The summed E-state index contributed by atoms with van der Waals surface area (Å²) < 4.78 is 11.5. The van der Waals surface area contributed by atoms with Crippen molar-refractivity contribution in [3.63, 3.8) is 0 Å². The molecular weight excluding hydrogens is 504 g/mol. The first-order valence-corrected chi connectivity index (χ1v) is 15.5. The van der Waals surface area contributed by atoms with Gasteiger partial charge in [0.1, 0.15) is 5.75 Å². The Hall–Kier alpha value is -2.70. The number of aryl methyl sites for hydroxylation is 1. The molecule has 1 aliphatic heterocycles. The van der Waals surface area contributed by atoms with Gasteiger partial charge >= 0.3 is 0 Å². The van der Waals surface area contributed by atoms with Crippen LogP contribution in [0.25, 0.3) is 0 Å². The number of methoxy groups -OCH3 is 2. The number of rotatable bonds is 10. The minimum Gasteiger partial charge on any atom is -0.508 e. The lowest BCUT2D eigenvalue weighted by atomic mass is 9.79. The van der Waals surface area contributed by atoms with Crippen molar-refractivity contribution in [1.82, 2.24) is 4.90 Å². The molecule has 0 spiro atoms. The lowest BCUT2D eigenvalue weighted by Crippen LogP contribution is -2.26. The number of thiophene rings is 1. The van der Waals surface area contributed by atoms with Crippen molar-refractivity contribution in [2.24, 2.45) is 0 Å². The number of hydrogen-bond acceptors (Lipinski definition) is 6. The first-order valence-electron chi connectivity index (χ1n) is 14.7. The molecule has 1 saturated heterocycles. The molecule has 39 heavy (non-hydrogen) atoms. The summed E-state index contributed by atoms with van der Waals surface area (Å²) in [5.41, 5.74) is 5.17. The maximum absolute atomic E-state index is 9.96. The van der Waals surface area contributed by atoms with Gasteiger partial charge in [0.25, 0.3) is 0 Å². The number of nitrogens with zero attached hydrogens (tertiary/aromatic N) is 2. The van der Waals surface area contributed by atoms with Crippen molar-refractivity contribution in [2.75, 3.05) is 45.3 Å². The molecule has 1 N–H and O–H groups in total. The number of anilines is 1. The van der Waals surface area contributed by atoms with Crippen LogP contribution in [0.3, 0.4) is 0 Å². The van der Waals surface area contributed by atoms with E-state index in [9.17, 15) is 5.11 Å². The van der Waals surface area contributed by atoms with Crippen LogP contribution in [-0.2, 0) is 25.8 Å². The van der Waals surface area contributed by atoms with Crippen LogP contribution >= 0.6 is 11.3 Å². The fourth-order valence-electron chi connectivity index (χ4n) is 6.32. The quantitative estimate of drug-likeness (QED) is 0.291. The van der Waals surface area contributed by atoms with Gasteiger partial charge in [0.2, 0.25) is 0 Å². The molecule has 2 aromatic carbocycles. The monoisotopic (exact) mass is 548 g/mol. The summed E-state index contributed by atoms with van der Waals surface area (Å²) >= 11 is 1.97. The number of aromatic hydroxyl groups is 1. The topological polar surface area (TPSA) is 45.2 Å². The fraction of sp³-hybridized carbons (Fsp3) is 0.515. The molecule has 5 nitrogen and oxygen atoms in total. The van der Waals surface area contributed by atoms with E-state index < -0.39 is 0 Å². The third kappa shape index (κ3) is 6.72. The van der Waals surface area contributed by atoms with E-state index in [4.69, 9.17) is 9.47 Å². The maximum Gasteiger partial charge on any atom is 0.162 e. The maximum atomic E-state index is 9.96. The standard InChI is InChI=1S/C33H44N2O3S/c1-4-35(23-29-14-13-28(39-29)15-18-34-16-7-5-6-8-17-34)31-22-33(38-3)32(37-2)21-30(31)26-10-9-25-20-27(36)12-11-24(25)19-26/h11-14,20-22,26,36H,4-10,15-19,23H2,1-3H3/t26-/m1/s1. The number of likely N-dealkylation sites (tertiary alicyclic amines) is 1. The summed E-state index contributed by atoms with van der Waals surface area (Å²) in [5, 5.41) is 9.96. The van der Waals surface area contributed by atoms with Gasteiger partial charge in [-0.15, -0.1) is 11.3 Å². The predicted molar refractivity (Wildman–Crippen MR) is 162 cm³/mol. The molecule has 6 heteroatoms. The second kappa shape index (κ2) is 13.1. The number of benzene rings is 2. The summed E-state index contributed by atoms with van der Waals surface area (Å²) in [6.07, 6.45) is 9.62. The minimum absolute atomic E-state index is 0.359. The van der Waals surface area contributed by atoms with Gasteiger partial charge in [0.05, 0.1) is 20.8 Å². The Kier molecular flexibility index (Phi) is 9.36. The van der Waals surface area contributed by atoms with Crippen LogP contribution in [-0.4, -0.2) is 50.4 Å². The summed E-state index contributed by atoms with van der Waals surface area (Å²) in [6, 6.07) is 14.9. The summed E-state index contributed by atoms with van der Waals surface area (Å²) in [7, 11) is 3.44. The van der Waals surface area contributed by atoms with Crippen molar-refractivity contribution < 1.29 is 14.6 Å². The zero-order valence-electron chi connectivity index (χ0n) is 23.9. The summed E-state index contributed by atoms with van der Waals surface area (Å²) in [6.45, 7) is 7.75. The molecule has 0 amide bonds. The number of phenols is 1. The highest BCUT2D eigenvalue weighted by atomic mass is 32.1. The normalized spacial score (nSPS) is 17.9. The van der Waals surface area contributed by atoms with Crippen LogP contribution in [0.1, 0.15) is 71.4 Å². The van der Waals surface area contributed by atoms with Crippen LogP contribution in [0.2, 0.25) is 0 Å². The van der Waals surface area contributed by atoms with Gasteiger partial charge in [-0.05, 0) is 111 Å². The highest BCUT2D eigenvalue weighted by Gasteiger charge is 2.26. The Labute approximate surface area is 238 Å². The molecule has 1 aliphatic carbocycles. The number of fused-ring (bicyclic) bond motifs is 1. The summed E-state index contributed by atoms with van der Waals surface area (Å²) in [5.74, 6) is 2.31. The molecule has 0 unspecified atom stereocenters. The van der Waals surface area contributed by atoms with Gasteiger partial charge in [-0.1, -0.05) is 18.9 Å². The first kappa shape index (κ1) is 27.9. The van der Waals surface area contributed by atoms with Crippen LogP contribution in [0, 0.1) is 0 Å². The second-order valence-corrected chi connectivity index (χ2v) is 12.3. The van der Waals surface area contributed by atoms with Gasteiger partial charge in [0, 0.05) is 34.6 Å². The van der Waals surface area contributed by atoms with E-state index in [0.29, 0.717) is 11.7 Å². The molecule has 1 aromatic heterocycles. The van der Waals surface area contributed by atoms with Crippen molar-refractivity contribution in [3.8, 4) is 17.2 Å². The van der Waals surface area contributed by atoms with Gasteiger partial charge in [-0.3, -0.25) is 0 Å². The van der Waals surface area contributed by atoms with E-state index in [-0.39, 0.29) is 0 Å². The Bertz CT molecular complexity index is 1230. The van der Waals surface area contributed by atoms with Gasteiger partial charge in [0.15, 0.2) is 11.5 Å². The van der Waals surface area contributed by atoms with Crippen LogP contribution in [0.5, 0.6) is 17.2 Å². The van der Waals surface area contributed by atoms with Crippen molar-refractivity contribution in [1.29, 1.82) is 0 Å². The predicted octanol–water partition coefficient (Wildman–Crippen LogP) is 7.19. The summed E-state index contributed by atoms with van der Waals surface area (Å²) in [4.78, 5) is 8.05. The van der Waals surface area contributed by atoms with E-state index in [0.717, 1.165) is 50.3 Å². The lowest BCUT2D eigenvalue weighted by molar-refractivity contribution is 0.289. The molecule has 1 fully saturated rings.